The number of hydrogen-bond donors (Lipinski definition) is 2. The monoisotopic (exact) mass is 617 g/mol. The van der Waals surface area contributed by atoms with E-state index in [1.165, 1.54) is 18.2 Å². The Morgan fingerprint density at radius 2 is 1.42 bits per heavy atom. The maximum absolute atomic E-state index is 13.8. The lowest BCUT2D eigenvalue weighted by atomic mass is 9.96. The van der Waals surface area contributed by atoms with Crippen LogP contribution in [-0.4, -0.2) is 41.7 Å². The van der Waals surface area contributed by atoms with Crippen LogP contribution in [0.25, 0.3) is 11.1 Å². The van der Waals surface area contributed by atoms with Crippen LogP contribution in [0.5, 0.6) is 17.2 Å². The number of alkyl halides is 3. The SMILES string of the molecule is NCCCC[C@H]1C(=O)N[C@@H](Cc2ccc(Oc3cccc(OC(F)(F)F)c3)cc2)C(=O)N1Cc1ccc(-c2ccccc2)cc1. The fraction of sp³-hybridized carbons (Fsp3) is 0.257. The topological polar surface area (TPSA) is 93.9 Å². The highest BCUT2D eigenvalue weighted by Gasteiger charge is 2.40. The van der Waals surface area contributed by atoms with Gasteiger partial charge in [0.2, 0.25) is 11.8 Å². The van der Waals surface area contributed by atoms with Gasteiger partial charge in [-0.25, -0.2) is 0 Å². The average molecular weight is 618 g/mol. The Bertz CT molecular complexity index is 1580. The summed E-state index contributed by atoms with van der Waals surface area (Å²) < 4.78 is 47.3. The molecule has 0 spiro atoms. The highest BCUT2D eigenvalue weighted by molar-refractivity contribution is 5.97. The van der Waals surface area contributed by atoms with Gasteiger partial charge >= 0.3 is 6.36 Å². The predicted molar refractivity (Wildman–Crippen MR) is 164 cm³/mol. The number of benzene rings is 4. The van der Waals surface area contributed by atoms with Gasteiger partial charge in [0.05, 0.1) is 0 Å². The molecule has 1 aliphatic heterocycles. The van der Waals surface area contributed by atoms with E-state index in [1.54, 1.807) is 29.2 Å². The molecule has 1 saturated heterocycles. The summed E-state index contributed by atoms with van der Waals surface area (Å²) in [5.41, 5.74) is 9.54. The van der Waals surface area contributed by atoms with Gasteiger partial charge in [-0.15, -0.1) is 13.2 Å². The van der Waals surface area contributed by atoms with Crippen molar-refractivity contribution >= 4 is 11.8 Å². The summed E-state index contributed by atoms with van der Waals surface area (Å²) in [4.78, 5) is 28.8. The predicted octanol–water partition coefficient (Wildman–Crippen LogP) is 6.61. The molecule has 0 aliphatic carbocycles. The number of carbonyl (C=O) groups is 2. The van der Waals surface area contributed by atoms with Gasteiger partial charge in [-0.05, 0) is 72.3 Å². The number of nitrogens with zero attached hydrogens (tertiary/aromatic N) is 1. The second-order valence-electron chi connectivity index (χ2n) is 10.9. The highest BCUT2D eigenvalue weighted by atomic mass is 19.4. The van der Waals surface area contributed by atoms with E-state index in [1.807, 2.05) is 54.6 Å². The molecule has 1 aliphatic rings. The van der Waals surface area contributed by atoms with Gasteiger partial charge in [0.15, 0.2) is 0 Å². The van der Waals surface area contributed by atoms with E-state index in [4.69, 9.17) is 10.5 Å². The Hall–Kier alpha value is -4.83. The number of ether oxygens (including phenoxy) is 2. The van der Waals surface area contributed by atoms with Crippen molar-refractivity contribution in [2.75, 3.05) is 6.54 Å². The first-order chi connectivity index (χ1) is 21.7. The van der Waals surface area contributed by atoms with Crippen LogP contribution in [0.3, 0.4) is 0 Å². The lowest BCUT2D eigenvalue weighted by Gasteiger charge is -2.39. The summed E-state index contributed by atoms with van der Waals surface area (Å²) in [6.45, 7) is 0.813. The van der Waals surface area contributed by atoms with Crippen molar-refractivity contribution in [3.8, 4) is 28.4 Å². The van der Waals surface area contributed by atoms with Crippen molar-refractivity contribution < 1.29 is 32.2 Å². The summed E-state index contributed by atoms with van der Waals surface area (Å²) >= 11 is 0. The second-order valence-corrected chi connectivity index (χ2v) is 10.9. The molecule has 4 aromatic carbocycles. The number of nitrogens with two attached hydrogens (primary N) is 1. The Labute approximate surface area is 259 Å². The minimum atomic E-state index is -4.81. The molecule has 10 heteroatoms. The Morgan fingerprint density at radius 1 is 0.756 bits per heavy atom. The quantitative estimate of drug-likeness (QED) is 0.175. The summed E-state index contributed by atoms with van der Waals surface area (Å²) in [5.74, 6) is -0.185. The lowest BCUT2D eigenvalue weighted by molar-refractivity contribution is -0.274. The highest BCUT2D eigenvalue weighted by Crippen LogP contribution is 2.30. The van der Waals surface area contributed by atoms with Gasteiger partial charge in [0.1, 0.15) is 29.3 Å². The molecule has 0 aromatic heterocycles. The average Bonchev–Trinajstić information content (AvgIpc) is 3.02. The fourth-order valence-corrected chi connectivity index (χ4v) is 5.35. The molecule has 0 unspecified atom stereocenters. The largest absolute Gasteiger partial charge is 0.573 e. The second kappa shape index (κ2) is 14.3. The number of rotatable bonds is 12. The Morgan fingerprint density at radius 3 is 2.11 bits per heavy atom. The van der Waals surface area contributed by atoms with E-state index in [9.17, 15) is 22.8 Å². The molecule has 4 aromatic rings. The molecule has 7 nitrogen and oxygen atoms in total. The number of piperazine rings is 1. The maximum atomic E-state index is 13.8. The smallest absolute Gasteiger partial charge is 0.457 e. The van der Waals surface area contributed by atoms with Gasteiger partial charge in [-0.1, -0.05) is 72.8 Å². The van der Waals surface area contributed by atoms with Gasteiger partial charge in [0, 0.05) is 19.0 Å². The normalized spacial score (nSPS) is 16.8. The molecule has 2 amide bonds. The van der Waals surface area contributed by atoms with Crippen LogP contribution in [0.4, 0.5) is 13.2 Å². The number of halogens is 3. The van der Waals surface area contributed by atoms with Gasteiger partial charge in [-0.2, -0.15) is 0 Å². The summed E-state index contributed by atoms with van der Waals surface area (Å²) in [6, 6.07) is 28.7. The van der Waals surface area contributed by atoms with Gasteiger partial charge in [0.25, 0.3) is 0 Å². The number of unbranched alkanes of at least 4 members (excludes halogenated alkanes) is 1. The van der Waals surface area contributed by atoms with E-state index >= 15 is 0 Å². The zero-order valence-corrected chi connectivity index (χ0v) is 24.5. The van der Waals surface area contributed by atoms with Crippen molar-refractivity contribution in [2.24, 2.45) is 5.73 Å². The number of hydrogen-bond acceptors (Lipinski definition) is 5. The molecule has 1 heterocycles. The van der Waals surface area contributed by atoms with Gasteiger partial charge in [-0.3, -0.25) is 9.59 Å². The third-order valence-electron chi connectivity index (χ3n) is 7.56. The van der Waals surface area contributed by atoms with Crippen molar-refractivity contribution in [1.82, 2.24) is 10.2 Å². The van der Waals surface area contributed by atoms with Crippen LogP contribution in [0.15, 0.2) is 103 Å². The maximum Gasteiger partial charge on any atom is 0.573 e. The van der Waals surface area contributed by atoms with Crippen molar-refractivity contribution in [1.29, 1.82) is 0 Å². The third-order valence-corrected chi connectivity index (χ3v) is 7.56. The van der Waals surface area contributed by atoms with Crippen molar-refractivity contribution in [3.05, 3.63) is 114 Å². The van der Waals surface area contributed by atoms with Gasteiger partial charge < -0.3 is 25.4 Å². The zero-order chi connectivity index (χ0) is 31.8. The molecule has 3 N–H and O–H groups in total. The third kappa shape index (κ3) is 8.63. The molecule has 234 valence electrons. The van der Waals surface area contributed by atoms with Crippen LogP contribution in [0.2, 0.25) is 0 Å². The summed E-state index contributed by atoms with van der Waals surface area (Å²) in [6.07, 6.45) is -2.54. The fourth-order valence-electron chi connectivity index (χ4n) is 5.35. The van der Waals surface area contributed by atoms with E-state index in [-0.39, 0.29) is 29.7 Å². The van der Waals surface area contributed by atoms with Crippen LogP contribution in [-0.2, 0) is 22.6 Å². The Kier molecular flexibility index (Phi) is 10.0. The van der Waals surface area contributed by atoms with E-state index in [2.05, 4.69) is 10.1 Å². The lowest BCUT2D eigenvalue weighted by Crippen LogP contribution is -2.63. The minimum Gasteiger partial charge on any atom is -0.457 e. The number of nitrogens with one attached hydrogen (secondary N) is 1. The molecule has 0 radical (unpaired) electrons. The standard InChI is InChI=1S/C35H34F3N3O4/c36-35(37,38)45-30-10-6-9-29(22-30)44-28-18-14-24(15-19-28)21-31-34(43)41(32(33(42)40-31)11-4-5-20-39)23-25-12-16-27(17-13-25)26-7-2-1-3-8-26/h1-3,6-10,12-19,22,31-32H,4-5,11,20-21,23,39H2,(H,40,42)/t31-,32-/m0/s1. The molecule has 2 atom stereocenters. The van der Waals surface area contributed by atoms with E-state index < -0.39 is 18.4 Å². The van der Waals surface area contributed by atoms with Crippen molar-refractivity contribution in [3.63, 3.8) is 0 Å². The number of carbonyl (C=O) groups excluding carboxylic acids is 2. The van der Waals surface area contributed by atoms with Crippen LogP contribution < -0.4 is 20.5 Å². The molecule has 45 heavy (non-hydrogen) atoms. The minimum absolute atomic E-state index is 0.165. The summed E-state index contributed by atoms with van der Waals surface area (Å²) in [5, 5.41) is 2.92. The zero-order valence-electron chi connectivity index (χ0n) is 24.5. The van der Waals surface area contributed by atoms with Crippen molar-refractivity contribution in [2.45, 2.75) is 50.7 Å². The Balaban J connectivity index is 1.27. The molecule has 0 saturated carbocycles. The van der Waals surface area contributed by atoms with Crippen LogP contribution >= 0.6 is 0 Å². The van der Waals surface area contributed by atoms with Crippen LogP contribution in [0, 0.1) is 0 Å². The molecule has 5 rings (SSSR count). The molecule has 1 fully saturated rings. The summed E-state index contributed by atoms with van der Waals surface area (Å²) in [7, 11) is 0. The van der Waals surface area contributed by atoms with E-state index in [0.717, 1.165) is 41.2 Å². The molecular weight excluding hydrogens is 583 g/mol. The number of amides is 2. The van der Waals surface area contributed by atoms with Crippen LogP contribution in [0.1, 0.15) is 30.4 Å². The molecular formula is C35H34F3N3O4. The van der Waals surface area contributed by atoms with E-state index in [0.29, 0.717) is 25.3 Å². The first-order valence-corrected chi connectivity index (χ1v) is 14.8. The first-order valence-electron chi connectivity index (χ1n) is 14.8. The first kappa shape index (κ1) is 31.6. The molecule has 0 bridgehead atoms.